The SMILES string of the molecule is CC1(C)c2ccccc2-c2ccc(N(c3ccc(-c4ccc5c(c4)sc4ccccc45)cc3)c3ccc4c(c3)oc3cc5c(cc34)oc3cccc(-c4ccccc4)c35)cc21. The monoisotopic (exact) mass is 799 g/mol. The van der Waals surface area contributed by atoms with Crippen LogP contribution in [0.5, 0.6) is 0 Å². The Kier molecular flexibility index (Phi) is 7.23. The lowest BCUT2D eigenvalue weighted by Gasteiger charge is -2.28. The van der Waals surface area contributed by atoms with Gasteiger partial charge in [0.25, 0.3) is 0 Å². The highest BCUT2D eigenvalue weighted by Gasteiger charge is 2.35. The van der Waals surface area contributed by atoms with Crippen LogP contribution >= 0.6 is 11.3 Å². The zero-order chi connectivity index (χ0) is 40.4. The molecule has 4 heteroatoms. The van der Waals surface area contributed by atoms with Crippen LogP contribution in [0, 0.1) is 0 Å². The number of anilines is 3. The number of thiophene rings is 1. The largest absolute Gasteiger partial charge is 0.456 e. The second kappa shape index (κ2) is 12.8. The molecule has 3 nitrogen and oxygen atoms in total. The molecule has 0 atom stereocenters. The molecule has 0 radical (unpaired) electrons. The van der Waals surface area contributed by atoms with Gasteiger partial charge in [-0.2, -0.15) is 0 Å². The normalized spacial score (nSPS) is 13.2. The van der Waals surface area contributed by atoms with Crippen molar-refractivity contribution in [3.8, 4) is 33.4 Å². The lowest BCUT2D eigenvalue weighted by Crippen LogP contribution is -2.16. The molecule has 12 aromatic rings. The van der Waals surface area contributed by atoms with Gasteiger partial charge in [0.1, 0.15) is 22.3 Å². The number of nitrogens with zero attached hydrogens (tertiary/aromatic N) is 1. The molecular formula is C57H37NO2S. The quantitative estimate of drug-likeness (QED) is 0.174. The van der Waals surface area contributed by atoms with E-state index in [0.717, 1.165) is 72.1 Å². The van der Waals surface area contributed by atoms with E-state index in [1.54, 1.807) is 0 Å². The van der Waals surface area contributed by atoms with Crippen molar-refractivity contribution >= 4 is 92.4 Å². The van der Waals surface area contributed by atoms with Crippen LogP contribution in [0.1, 0.15) is 25.0 Å². The lowest BCUT2D eigenvalue weighted by molar-refractivity contribution is 0.660. The van der Waals surface area contributed by atoms with Crippen molar-refractivity contribution in [1.82, 2.24) is 0 Å². The van der Waals surface area contributed by atoms with Crippen molar-refractivity contribution < 1.29 is 8.83 Å². The van der Waals surface area contributed by atoms with Crippen molar-refractivity contribution in [1.29, 1.82) is 0 Å². The summed E-state index contributed by atoms with van der Waals surface area (Å²) in [4.78, 5) is 2.37. The number of furan rings is 2. The average molecular weight is 800 g/mol. The van der Waals surface area contributed by atoms with E-state index in [9.17, 15) is 0 Å². The van der Waals surface area contributed by atoms with Gasteiger partial charge in [0.15, 0.2) is 0 Å². The standard InChI is InChI=1S/C57H37NO2S/c1-57(2)48-16-8-6-13-41(48)42-27-24-38(30-49(42)57)58(37-22-19-34(20-23-37)36-21-26-45-44-14-7-9-18-54(44)61-55(45)29-36)39-25-28-43-46-32-53-47(33-52(46)60-51(43)31-39)56-40(15-10-17-50(56)59-53)35-11-4-3-5-12-35/h3-33H,1-2H3. The molecule has 0 amide bonds. The Morgan fingerprint density at radius 2 is 1.02 bits per heavy atom. The predicted octanol–water partition coefficient (Wildman–Crippen LogP) is 17.0. The molecule has 0 aliphatic heterocycles. The number of benzene rings is 9. The third-order valence-electron chi connectivity index (χ3n) is 13.1. The highest BCUT2D eigenvalue weighted by atomic mass is 32.1. The zero-order valence-corrected chi connectivity index (χ0v) is 34.4. The minimum atomic E-state index is -0.132. The number of hydrogen-bond donors (Lipinski definition) is 0. The maximum absolute atomic E-state index is 6.80. The summed E-state index contributed by atoms with van der Waals surface area (Å²) in [7, 11) is 0. The molecule has 13 rings (SSSR count). The van der Waals surface area contributed by atoms with E-state index in [4.69, 9.17) is 8.83 Å². The van der Waals surface area contributed by atoms with Gasteiger partial charge in [0, 0.05) is 70.3 Å². The summed E-state index contributed by atoms with van der Waals surface area (Å²) in [6, 6.07) is 68.1. The van der Waals surface area contributed by atoms with E-state index in [0.29, 0.717) is 0 Å². The Morgan fingerprint density at radius 3 is 1.92 bits per heavy atom. The fraction of sp³-hybridized carbons (Fsp3) is 0.0526. The van der Waals surface area contributed by atoms with Gasteiger partial charge in [-0.3, -0.25) is 0 Å². The number of hydrogen-bond acceptors (Lipinski definition) is 4. The van der Waals surface area contributed by atoms with Crippen molar-refractivity contribution in [2.75, 3.05) is 4.90 Å². The van der Waals surface area contributed by atoms with Crippen LogP contribution in [-0.2, 0) is 5.41 Å². The molecule has 0 fully saturated rings. The van der Waals surface area contributed by atoms with Crippen molar-refractivity contribution in [2.24, 2.45) is 0 Å². The van der Waals surface area contributed by atoms with E-state index < -0.39 is 0 Å². The molecule has 0 bridgehead atoms. The summed E-state index contributed by atoms with van der Waals surface area (Å²) in [5.74, 6) is 0. The fourth-order valence-corrected chi connectivity index (χ4v) is 11.2. The Morgan fingerprint density at radius 1 is 0.377 bits per heavy atom. The summed E-state index contributed by atoms with van der Waals surface area (Å²) < 4.78 is 16.0. The topological polar surface area (TPSA) is 29.5 Å². The third-order valence-corrected chi connectivity index (χ3v) is 14.2. The molecule has 3 heterocycles. The summed E-state index contributed by atoms with van der Waals surface area (Å²) in [6.45, 7) is 4.69. The van der Waals surface area contributed by atoms with E-state index >= 15 is 0 Å². The van der Waals surface area contributed by atoms with Crippen molar-refractivity contribution in [3.05, 3.63) is 199 Å². The molecule has 0 spiro atoms. The first-order valence-electron chi connectivity index (χ1n) is 20.9. The van der Waals surface area contributed by atoms with Crippen LogP contribution in [-0.4, -0.2) is 0 Å². The summed E-state index contributed by atoms with van der Waals surface area (Å²) in [5.41, 5.74) is 16.5. The molecule has 9 aromatic carbocycles. The van der Waals surface area contributed by atoms with E-state index in [1.807, 2.05) is 11.3 Å². The van der Waals surface area contributed by atoms with E-state index in [2.05, 4.69) is 207 Å². The van der Waals surface area contributed by atoms with Crippen LogP contribution in [0.15, 0.2) is 197 Å². The van der Waals surface area contributed by atoms with Gasteiger partial charge >= 0.3 is 0 Å². The van der Waals surface area contributed by atoms with Gasteiger partial charge in [-0.05, 0) is 111 Å². The smallest absolute Gasteiger partial charge is 0.137 e. The van der Waals surface area contributed by atoms with Gasteiger partial charge in [0.05, 0.1) is 0 Å². The van der Waals surface area contributed by atoms with Gasteiger partial charge < -0.3 is 13.7 Å². The maximum Gasteiger partial charge on any atom is 0.137 e. The minimum absolute atomic E-state index is 0.132. The second-order valence-electron chi connectivity index (χ2n) is 16.9. The number of rotatable bonds is 5. The zero-order valence-electron chi connectivity index (χ0n) is 33.6. The van der Waals surface area contributed by atoms with Crippen LogP contribution in [0.2, 0.25) is 0 Å². The Hall–Kier alpha value is -7.40. The number of fused-ring (bicyclic) bond motifs is 12. The highest BCUT2D eigenvalue weighted by Crippen LogP contribution is 2.51. The van der Waals surface area contributed by atoms with E-state index in [1.165, 1.54) is 53.6 Å². The van der Waals surface area contributed by atoms with Crippen LogP contribution in [0.25, 0.3) is 97.4 Å². The Bertz CT molecular complexity index is 3740. The molecule has 0 saturated heterocycles. The predicted molar refractivity (Wildman–Crippen MR) is 257 cm³/mol. The molecule has 0 unspecified atom stereocenters. The second-order valence-corrected chi connectivity index (χ2v) is 17.9. The molecule has 0 N–H and O–H groups in total. The van der Waals surface area contributed by atoms with Crippen LogP contribution < -0.4 is 4.90 Å². The van der Waals surface area contributed by atoms with Crippen LogP contribution in [0.3, 0.4) is 0 Å². The highest BCUT2D eigenvalue weighted by molar-refractivity contribution is 7.25. The first kappa shape index (κ1) is 34.5. The average Bonchev–Trinajstić information content (AvgIpc) is 4.03. The lowest BCUT2D eigenvalue weighted by atomic mass is 9.82. The van der Waals surface area contributed by atoms with Crippen LogP contribution in [0.4, 0.5) is 17.1 Å². The van der Waals surface area contributed by atoms with Gasteiger partial charge in [-0.1, -0.05) is 129 Å². The minimum Gasteiger partial charge on any atom is -0.456 e. The van der Waals surface area contributed by atoms with Gasteiger partial charge in [-0.15, -0.1) is 11.3 Å². The molecule has 1 aliphatic rings. The Labute approximate surface area is 356 Å². The third kappa shape index (κ3) is 5.16. The molecule has 1 aliphatic carbocycles. The molecule has 61 heavy (non-hydrogen) atoms. The van der Waals surface area contributed by atoms with E-state index in [-0.39, 0.29) is 5.41 Å². The fourth-order valence-electron chi connectivity index (χ4n) is 10.1. The molecule has 3 aromatic heterocycles. The van der Waals surface area contributed by atoms with Crippen molar-refractivity contribution in [3.63, 3.8) is 0 Å². The maximum atomic E-state index is 6.80. The van der Waals surface area contributed by atoms with Crippen molar-refractivity contribution in [2.45, 2.75) is 19.3 Å². The summed E-state index contributed by atoms with van der Waals surface area (Å²) >= 11 is 1.86. The first-order chi connectivity index (χ1) is 30.0. The molecular weight excluding hydrogens is 763 g/mol. The summed E-state index contributed by atoms with van der Waals surface area (Å²) in [5, 5.41) is 6.89. The Balaban J connectivity index is 0.951. The summed E-state index contributed by atoms with van der Waals surface area (Å²) in [6.07, 6.45) is 0. The van der Waals surface area contributed by atoms with Gasteiger partial charge in [0.2, 0.25) is 0 Å². The van der Waals surface area contributed by atoms with Gasteiger partial charge in [-0.25, -0.2) is 0 Å². The first-order valence-corrected chi connectivity index (χ1v) is 21.7. The molecule has 0 saturated carbocycles. The molecule has 288 valence electrons.